The summed E-state index contributed by atoms with van der Waals surface area (Å²) in [7, 11) is -2.37. The van der Waals surface area contributed by atoms with Gasteiger partial charge in [-0.2, -0.15) is 0 Å². The van der Waals surface area contributed by atoms with Gasteiger partial charge in [-0.05, 0) is 71.4 Å². The molecule has 0 spiro atoms. The van der Waals surface area contributed by atoms with Gasteiger partial charge in [0.1, 0.15) is 29.0 Å². The minimum Gasteiger partial charge on any atom is -0.497 e. The third-order valence-electron chi connectivity index (χ3n) is 9.86. The second-order valence-electron chi connectivity index (χ2n) is 15.2. The maximum Gasteiger partial charge on any atom is 0.307 e. The van der Waals surface area contributed by atoms with Crippen LogP contribution >= 0.6 is 11.6 Å². The zero-order valence-corrected chi connectivity index (χ0v) is 31.4. The molecule has 2 N–H and O–H groups in total. The van der Waals surface area contributed by atoms with E-state index in [9.17, 15) is 27.6 Å². The standard InChI is InChI=1S/C36H46ClN5O9S/c1-35(2,3)51-29(43)16-21-10-8-6-5-7-9-11-22-19-36(22,34(46)41-52(47,48)25-13-14-25)40-31(44)28-18-24(20-42(28)33(21)45)50-32-30(37)38-26-15-12-23(49-4)17-27(26)39-32/h9,11-12,15,17,21-22,24-25,28H,5-8,10,13-14,16,18-20H2,1-4H3,(H,40,44)(H,41,46)/b11-9-/t21-,22-,24-,28+,36-/m1/s1. The first-order valence-corrected chi connectivity index (χ1v) is 19.8. The number of nitrogens with one attached hydrogen (secondary N) is 2. The highest BCUT2D eigenvalue weighted by molar-refractivity contribution is 7.91. The van der Waals surface area contributed by atoms with Crippen molar-refractivity contribution in [2.75, 3.05) is 13.7 Å². The van der Waals surface area contributed by atoms with Gasteiger partial charge in [0.15, 0.2) is 5.15 Å². The number of halogens is 1. The average Bonchev–Trinajstić information content (AvgIpc) is 3.99. The summed E-state index contributed by atoms with van der Waals surface area (Å²) in [4.78, 5) is 65.7. The number of nitrogens with zero attached hydrogens (tertiary/aromatic N) is 3. The Balaban J connectivity index is 1.31. The van der Waals surface area contributed by atoms with Crippen molar-refractivity contribution in [1.29, 1.82) is 0 Å². The summed E-state index contributed by atoms with van der Waals surface area (Å²) in [6.45, 7) is 5.21. The fourth-order valence-corrected chi connectivity index (χ4v) is 8.46. The van der Waals surface area contributed by atoms with Crippen molar-refractivity contribution < 1.29 is 41.8 Å². The van der Waals surface area contributed by atoms with E-state index in [-0.39, 0.29) is 36.8 Å². The van der Waals surface area contributed by atoms with Crippen molar-refractivity contribution in [3.63, 3.8) is 0 Å². The molecule has 1 aromatic carbocycles. The molecule has 3 heterocycles. The van der Waals surface area contributed by atoms with E-state index >= 15 is 0 Å². The van der Waals surface area contributed by atoms with Crippen molar-refractivity contribution >= 4 is 56.3 Å². The predicted octanol–water partition coefficient (Wildman–Crippen LogP) is 3.99. The first kappa shape index (κ1) is 37.8. The molecule has 1 aromatic heterocycles. The van der Waals surface area contributed by atoms with E-state index in [0.29, 0.717) is 48.9 Å². The smallest absolute Gasteiger partial charge is 0.307 e. The highest BCUT2D eigenvalue weighted by Crippen LogP contribution is 2.46. The fourth-order valence-electron chi connectivity index (χ4n) is 6.92. The van der Waals surface area contributed by atoms with Crippen LogP contribution in [0.5, 0.6) is 11.6 Å². The summed E-state index contributed by atoms with van der Waals surface area (Å²) < 4.78 is 44.9. The predicted molar refractivity (Wildman–Crippen MR) is 191 cm³/mol. The summed E-state index contributed by atoms with van der Waals surface area (Å²) >= 11 is 6.49. The van der Waals surface area contributed by atoms with Crippen LogP contribution < -0.4 is 19.5 Å². The van der Waals surface area contributed by atoms with E-state index in [4.69, 9.17) is 25.8 Å². The second-order valence-corrected chi connectivity index (χ2v) is 17.5. The molecule has 3 amide bonds. The normalized spacial score (nSPS) is 27.7. The van der Waals surface area contributed by atoms with Crippen LogP contribution in [-0.2, 0) is 33.9 Å². The third-order valence-corrected chi connectivity index (χ3v) is 11.9. The zero-order chi connectivity index (χ0) is 37.4. The maximum absolute atomic E-state index is 14.4. The highest BCUT2D eigenvalue weighted by Gasteiger charge is 2.62. The molecule has 0 unspecified atom stereocenters. The lowest BCUT2D eigenvalue weighted by molar-refractivity contribution is -0.159. The van der Waals surface area contributed by atoms with Crippen molar-refractivity contribution in [3.8, 4) is 11.6 Å². The Kier molecular flexibility index (Phi) is 10.8. The Morgan fingerprint density at radius 1 is 1.10 bits per heavy atom. The van der Waals surface area contributed by atoms with Crippen LogP contribution in [0.15, 0.2) is 30.4 Å². The molecule has 5 atom stereocenters. The van der Waals surface area contributed by atoms with Crippen LogP contribution in [-0.4, -0.2) is 89.2 Å². The molecule has 2 aliphatic carbocycles. The Morgan fingerprint density at radius 3 is 2.58 bits per heavy atom. The second kappa shape index (κ2) is 14.8. The van der Waals surface area contributed by atoms with E-state index in [2.05, 4.69) is 20.0 Å². The molecule has 0 bridgehead atoms. The Labute approximate surface area is 308 Å². The van der Waals surface area contributed by atoms with E-state index in [1.165, 1.54) is 12.0 Å². The van der Waals surface area contributed by atoms with Crippen LogP contribution in [0.2, 0.25) is 5.15 Å². The number of hydrogen-bond donors (Lipinski definition) is 2. The first-order chi connectivity index (χ1) is 24.6. The number of methoxy groups -OCH3 is 1. The van der Waals surface area contributed by atoms with Gasteiger partial charge >= 0.3 is 5.97 Å². The number of fused-ring (bicyclic) bond motifs is 3. The minimum absolute atomic E-state index is 0.00171. The largest absolute Gasteiger partial charge is 0.497 e. The van der Waals surface area contributed by atoms with Gasteiger partial charge in [-0.1, -0.05) is 36.6 Å². The quantitative estimate of drug-likeness (QED) is 0.293. The van der Waals surface area contributed by atoms with E-state index in [1.807, 2.05) is 12.2 Å². The molecule has 1 saturated heterocycles. The molecule has 3 fully saturated rings. The number of sulfonamides is 1. The lowest BCUT2D eigenvalue weighted by atomic mass is 9.95. The summed E-state index contributed by atoms with van der Waals surface area (Å²) in [5, 5.41) is 2.21. The molecule has 0 radical (unpaired) electrons. The number of allylic oxidation sites excluding steroid dienone is 1. The maximum atomic E-state index is 14.4. The van der Waals surface area contributed by atoms with Gasteiger partial charge in [-0.15, -0.1) is 0 Å². The van der Waals surface area contributed by atoms with Crippen LogP contribution in [0.1, 0.15) is 85.0 Å². The molecule has 16 heteroatoms. The van der Waals surface area contributed by atoms with Crippen LogP contribution in [0.3, 0.4) is 0 Å². The van der Waals surface area contributed by atoms with Gasteiger partial charge in [0.2, 0.25) is 21.8 Å². The average molecular weight is 760 g/mol. The monoisotopic (exact) mass is 759 g/mol. The molecule has 14 nitrogen and oxygen atoms in total. The number of esters is 1. The fraction of sp³-hybridized carbons (Fsp3) is 0.611. The topological polar surface area (TPSA) is 183 Å². The number of hydrogen-bond acceptors (Lipinski definition) is 11. The Hall–Kier alpha value is -3.98. The number of benzene rings is 1. The first-order valence-electron chi connectivity index (χ1n) is 17.8. The molecule has 4 aliphatic rings. The van der Waals surface area contributed by atoms with E-state index in [1.54, 1.807) is 39.0 Å². The van der Waals surface area contributed by atoms with Crippen molar-refractivity contribution in [2.24, 2.45) is 11.8 Å². The molecule has 2 aromatic rings. The van der Waals surface area contributed by atoms with E-state index in [0.717, 1.165) is 12.8 Å². The Morgan fingerprint density at radius 2 is 1.87 bits per heavy atom. The van der Waals surface area contributed by atoms with Gasteiger partial charge in [0, 0.05) is 24.3 Å². The number of amides is 3. The number of ether oxygens (including phenoxy) is 3. The van der Waals surface area contributed by atoms with Gasteiger partial charge in [-0.25, -0.2) is 18.4 Å². The zero-order valence-electron chi connectivity index (χ0n) is 29.9. The van der Waals surface area contributed by atoms with Gasteiger partial charge in [-0.3, -0.25) is 23.9 Å². The third kappa shape index (κ3) is 8.62. The lowest BCUT2D eigenvalue weighted by Gasteiger charge is -2.30. The Bertz CT molecular complexity index is 1880. The molecule has 6 rings (SSSR count). The van der Waals surface area contributed by atoms with Gasteiger partial charge in [0.25, 0.3) is 11.8 Å². The van der Waals surface area contributed by atoms with Crippen molar-refractivity contribution in [1.82, 2.24) is 24.9 Å². The number of carbonyl (C=O) groups excluding carboxylic acids is 4. The van der Waals surface area contributed by atoms with Crippen LogP contribution in [0.4, 0.5) is 0 Å². The number of carbonyl (C=O) groups is 4. The van der Waals surface area contributed by atoms with Crippen molar-refractivity contribution in [2.45, 2.75) is 114 Å². The molecular formula is C36H46ClN5O9S. The lowest BCUT2D eigenvalue weighted by Crippen LogP contribution is -2.57. The summed E-state index contributed by atoms with van der Waals surface area (Å²) in [5.41, 5.74) is -1.29. The molecular weight excluding hydrogens is 714 g/mol. The summed E-state index contributed by atoms with van der Waals surface area (Å²) in [5.74, 6) is -3.05. The molecule has 282 valence electrons. The van der Waals surface area contributed by atoms with Gasteiger partial charge < -0.3 is 24.4 Å². The van der Waals surface area contributed by atoms with Crippen LogP contribution in [0.25, 0.3) is 11.0 Å². The number of rotatable bonds is 8. The molecule has 2 aliphatic heterocycles. The van der Waals surface area contributed by atoms with Gasteiger partial charge in [0.05, 0.1) is 36.4 Å². The molecule has 52 heavy (non-hydrogen) atoms. The molecule has 2 saturated carbocycles. The van der Waals surface area contributed by atoms with Crippen molar-refractivity contribution in [3.05, 3.63) is 35.5 Å². The SMILES string of the molecule is COc1ccc2nc(Cl)c(O[C@@H]3C[C@H]4C(=O)N[C@]5(C(=O)NS(=O)(=O)C6CC6)C[C@H]5/C=C\CCCCC[C@H](CC(=O)OC(C)(C)C)C(=O)N4C3)nc2c1. The van der Waals surface area contributed by atoms with E-state index < -0.39 is 74.1 Å². The number of aromatic nitrogens is 2. The highest BCUT2D eigenvalue weighted by atomic mass is 35.5. The van der Waals surface area contributed by atoms with Crippen LogP contribution in [0, 0.1) is 11.8 Å². The summed E-state index contributed by atoms with van der Waals surface area (Å²) in [6, 6.07) is 3.99. The minimum atomic E-state index is -3.89. The summed E-state index contributed by atoms with van der Waals surface area (Å²) in [6.07, 6.45) is 7.35.